The minimum absolute atomic E-state index is 0.109. The van der Waals surface area contributed by atoms with Gasteiger partial charge in [-0.15, -0.1) is 0 Å². The van der Waals surface area contributed by atoms with Gasteiger partial charge in [0.2, 0.25) is 0 Å². The standard InChI is InChI=1S/C15H21NO4/c1-12(11-16-6-8-19-9-7-16)20-15(17)13-4-3-5-14(10-13)18-2/h3-5,10,12H,6-9,11H2,1-2H3/p+1/t12-/m0/s1. The van der Waals surface area contributed by atoms with Crippen LogP contribution in [0.3, 0.4) is 0 Å². The van der Waals surface area contributed by atoms with Crippen molar-refractivity contribution in [3.8, 4) is 5.75 Å². The summed E-state index contributed by atoms with van der Waals surface area (Å²) in [6.07, 6.45) is -0.109. The van der Waals surface area contributed by atoms with Crippen molar-refractivity contribution in [3.63, 3.8) is 0 Å². The summed E-state index contributed by atoms with van der Waals surface area (Å²) >= 11 is 0. The second-order valence-electron chi connectivity index (χ2n) is 5.01. The molecule has 1 N–H and O–H groups in total. The molecule has 1 atom stereocenters. The molecule has 0 bridgehead atoms. The van der Waals surface area contributed by atoms with Crippen molar-refractivity contribution >= 4 is 5.97 Å². The molecule has 0 aliphatic carbocycles. The van der Waals surface area contributed by atoms with E-state index in [0.29, 0.717) is 11.3 Å². The predicted molar refractivity (Wildman–Crippen MR) is 74.3 cm³/mol. The highest BCUT2D eigenvalue weighted by Crippen LogP contribution is 2.13. The van der Waals surface area contributed by atoms with Crippen LogP contribution in [0.25, 0.3) is 0 Å². The van der Waals surface area contributed by atoms with Gasteiger partial charge < -0.3 is 19.1 Å². The van der Waals surface area contributed by atoms with Crippen molar-refractivity contribution in [2.75, 3.05) is 40.0 Å². The first-order valence-electron chi connectivity index (χ1n) is 6.95. The Labute approximate surface area is 119 Å². The number of esters is 1. The fourth-order valence-electron chi connectivity index (χ4n) is 2.31. The molecule has 1 saturated heterocycles. The van der Waals surface area contributed by atoms with E-state index in [1.54, 1.807) is 31.4 Å². The Morgan fingerprint density at radius 3 is 2.85 bits per heavy atom. The highest BCUT2D eigenvalue weighted by atomic mass is 16.5. The van der Waals surface area contributed by atoms with E-state index in [9.17, 15) is 4.79 Å². The lowest BCUT2D eigenvalue weighted by Crippen LogP contribution is -3.15. The summed E-state index contributed by atoms with van der Waals surface area (Å²) in [7, 11) is 1.58. The summed E-state index contributed by atoms with van der Waals surface area (Å²) in [6, 6.07) is 7.02. The zero-order valence-electron chi connectivity index (χ0n) is 12.1. The van der Waals surface area contributed by atoms with E-state index in [4.69, 9.17) is 14.2 Å². The highest BCUT2D eigenvalue weighted by Gasteiger charge is 2.20. The molecule has 1 aromatic carbocycles. The molecule has 0 unspecified atom stereocenters. The van der Waals surface area contributed by atoms with Gasteiger partial charge in [-0.1, -0.05) is 6.07 Å². The fourth-order valence-corrected chi connectivity index (χ4v) is 2.31. The van der Waals surface area contributed by atoms with Gasteiger partial charge in [0.15, 0.2) is 0 Å². The van der Waals surface area contributed by atoms with Crippen molar-refractivity contribution in [3.05, 3.63) is 29.8 Å². The summed E-state index contributed by atoms with van der Waals surface area (Å²) in [5.74, 6) is 0.356. The molecule has 5 nitrogen and oxygen atoms in total. The maximum atomic E-state index is 12.1. The highest BCUT2D eigenvalue weighted by molar-refractivity contribution is 5.89. The lowest BCUT2D eigenvalue weighted by molar-refractivity contribution is -0.910. The van der Waals surface area contributed by atoms with Crippen molar-refractivity contribution in [2.45, 2.75) is 13.0 Å². The number of quaternary nitrogens is 1. The third-order valence-corrected chi connectivity index (χ3v) is 3.39. The van der Waals surface area contributed by atoms with Crippen molar-refractivity contribution < 1.29 is 23.9 Å². The van der Waals surface area contributed by atoms with Gasteiger partial charge in [-0.05, 0) is 25.1 Å². The Morgan fingerprint density at radius 1 is 1.40 bits per heavy atom. The number of benzene rings is 1. The van der Waals surface area contributed by atoms with Crippen molar-refractivity contribution in [2.24, 2.45) is 0 Å². The smallest absolute Gasteiger partial charge is 0.338 e. The Morgan fingerprint density at radius 2 is 2.15 bits per heavy atom. The van der Waals surface area contributed by atoms with Crippen LogP contribution in [0.2, 0.25) is 0 Å². The Kier molecular flexibility index (Phi) is 5.38. The van der Waals surface area contributed by atoms with Gasteiger partial charge in [0.05, 0.1) is 25.9 Å². The monoisotopic (exact) mass is 280 g/mol. The third kappa shape index (κ3) is 4.21. The summed E-state index contributed by atoms with van der Waals surface area (Å²) in [6.45, 7) is 6.26. The number of hydrogen-bond acceptors (Lipinski definition) is 4. The predicted octanol–water partition coefficient (Wildman–Crippen LogP) is 0.156. The second kappa shape index (κ2) is 7.26. The average Bonchev–Trinajstić information content (AvgIpc) is 2.48. The maximum absolute atomic E-state index is 12.1. The molecular weight excluding hydrogens is 258 g/mol. The van der Waals surface area contributed by atoms with Gasteiger partial charge in [0.25, 0.3) is 0 Å². The molecule has 1 aromatic rings. The van der Waals surface area contributed by atoms with E-state index in [2.05, 4.69) is 0 Å². The van der Waals surface area contributed by atoms with Crippen LogP contribution >= 0.6 is 0 Å². The van der Waals surface area contributed by atoms with Crippen LogP contribution in [-0.2, 0) is 9.47 Å². The maximum Gasteiger partial charge on any atom is 0.338 e. The lowest BCUT2D eigenvalue weighted by atomic mass is 10.2. The van der Waals surface area contributed by atoms with Gasteiger partial charge in [-0.25, -0.2) is 4.79 Å². The number of methoxy groups -OCH3 is 1. The molecule has 0 amide bonds. The zero-order chi connectivity index (χ0) is 14.4. The molecule has 1 heterocycles. The minimum atomic E-state index is -0.302. The normalized spacial score (nSPS) is 17.5. The van der Waals surface area contributed by atoms with Crippen LogP contribution in [0.5, 0.6) is 5.75 Å². The molecular formula is C15H22NO4+. The first-order valence-corrected chi connectivity index (χ1v) is 6.95. The number of hydrogen-bond donors (Lipinski definition) is 1. The Bertz CT molecular complexity index is 443. The first kappa shape index (κ1) is 14.8. The minimum Gasteiger partial charge on any atom is -0.497 e. The lowest BCUT2D eigenvalue weighted by Gasteiger charge is -2.26. The molecule has 1 aliphatic rings. The molecule has 0 aromatic heterocycles. The van der Waals surface area contributed by atoms with E-state index in [1.165, 1.54) is 4.90 Å². The third-order valence-electron chi connectivity index (χ3n) is 3.39. The van der Waals surface area contributed by atoms with E-state index >= 15 is 0 Å². The van der Waals surface area contributed by atoms with Gasteiger partial charge in [-0.2, -0.15) is 0 Å². The summed E-state index contributed by atoms with van der Waals surface area (Å²) in [5.41, 5.74) is 0.521. The average molecular weight is 280 g/mol. The number of ether oxygens (including phenoxy) is 3. The van der Waals surface area contributed by atoms with Crippen LogP contribution in [0.1, 0.15) is 17.3 Å². The SMILES string of the molecule is COc1cccc(C(=O)O[C@@H](C)C[NH+]2CCOCC2)c1. The number of morpholine rings is 1. The number of nitrogens with one attached hydrogen (secondary N) is 1. The van der Waals surface area contributed by atoms with Gasteiger partial charge in [-0.3, -0.25) is 0 Å². The number of carbonyl (C=O) groups excluding carboxylic acids is 1. The van der Waals surface area contributed by atoms with E-state index in [0.717, 1.165) is 32.8 Å². The van der Waals surface area contributed by atoms with Gasteiger partial charge in [0.1, 0.15) is 31.5 Å². The molecule has 110 valence electrons. The molecule has 2 rings (SSSR count). The summed E-state index contributed by atoms with van der Waals surface area (Å²) < 4.78 is 15.9. The molecule has 0 spiro atoms. The van der Waals surface area contributed by atoms with E-state index in [-0.39, 0.29) is 12.1 Å². The second-order valence-corrected chi connectivity index (χ2v) is 5.01. The Hall–Kier alpha value is -1.59. The van der Waals surface area contributed by atoms with E-state index < -0.39 is 0 Å². The van der Waals surface area contributed by atoms with Crippen LogP contribution < -0.4 is 9.64 Å². The number of carbonyl (C=O) groups is 1. The first-order chi connectivity index (χ1) is 9.69. The summed E-state index contributed by atoms with van der Waals surface area (Å²) in [5, 5.41) is 0. The zero-order valence-corrected chi connectivity index (χ0v) is 12.1. The molecule has 1 fully saturated rings. The quantitative estimate of drug-likeness (QED) is 0.780. The van der Waals surface area contributed by atoms with E-state index in [1.807, 2.05) is 6.92 Å². The Balaban J connectivity index is 1.86. The van der Waals surface area contributed by atoms with Crippen LogP contribution in [0.4, 0.5) is 0 Å². The van der Waals surface area contributed by atoms with Gasteiger partial charge >= 0.3 is 5.97 Å². The summed E-state index contributed by atoms with van der Waals surface area (Å²) in [4.78, 5) is 13.5. The molecule has 1 aliphatic heterocycles. The van der Waals surface area contributed by atoms with Crippen LogP contribution in [0.15, 0.2) is 24.3 Å². The topological polar surface area (TPSA) is 49.2 Å². The molecule has 5 heteroatoms. The van der Waals surface area contributed by atoms with Crippen LogP contribution in [-0.4, -0.2) is 52.0 Å². The molecule has 0 saturated carbocycles. The largest absolute Gasteiger partial charge is 0.497 e. The number of rotatable bonds is 5. The van der Waals surface area contributed by atoms with Gasteiger partial charge in [0, 0.05) is 0 Å². The fraction of sp³-hybridized carbons (Fsp3) is 0.533. The molecule has 20 heavy (non-hydrogen) atoms. The van der Waals surface area contributed by atoms with Crippen molar-refractivity contribution in [1.29, 1.82) is 0 Å². The van der Waals surface area contributed by atoms with Crippen LogP contribution in [0, 0.1) is 0 Å². The van der Waals surface area contributed by atoms with Crippen molar-refractivity contribution in [1.82, 2.24) is 0 Å². The molecule has 0 radical (unpaired) electrons.